The van der Waals surface area contributed by atoms with E-state index in [2.05, 4.69) is 19.1 Å². The molecule has 0 saturated heterocycles. The molecule has 154 valence electrons. The van der Waals surface area contributed by atoms with Crippen molar-refractivity contribution in [1.82, 2.24) is 0 Å². The molecule has 1 aliphatic heterocycles. The number of aryl methyl sites for hydroxylation is 1. The molecule has 1 heterocycles. The van der Waals surface area contributed by atoms with Crippen molar-refractivity contribution in [3.8, 4) is 0 Å². The van der Waals surface area contributed by atoms with E-state index in [1.165, 1.54) is 5.56 Å². The van der Waals surface area contributed by atoms with Crippen LogP contribution in [0.2, 0.25) is 0 Å². The molecule has 30 heavy (non-hydrogen) atoms. The predicted molar refractivity (Wildman–Crippen MR) is 117 cm³/mol. The zero-order valence-corrected chi connectivity index (χ0v) is 17.6. The van der Waals surface area contributed by atoms with E-state index in [-0.39, 0.29) is 30.2 Å². The fourth-order valence-electron chi connectivity index (χ4n) is 4.51. The van der Waals surface area contributed by atoms with Crippen LogP contribution in [0, 0.1) is 5.92 Å². The van der Waals surface area contributed by atoms with Crippen molar-refractivity contribution >= 4 is 17.5 Å². The number of fused-ring (bicyclic) bond motifs is 1. The van der Waals surface area contributed by atoms with Crippen molar-refractivity contribution in [2.75, 3.05) is 0 Å². The smallest absolute Gasteiger partial charge is 0.336 e. The Morgan fingerprint density at radius 3 is 2.43 bits per heavy atom. The van der Waals surface area contributed by atoms with Gasteiger partial charge in [-0.3, -0.25) is 9.79 Å². The van der Waals surface area contributed by atoms with Gasteiger partial charge >= 0.3 is 5.97 Å². The molecule has 2 atom stereocenters. The summed E-state index contributed by atoms with van der Waals surface area (Å²) in [6.45, 7) is 4.17. The third kappa shape index (κ3) is 4.00. The van der Waals surface area contributed by atoms with Gasteiger partial charge in [-0.05, 0) is 42.9 Å². The van der Waals surface area contributed by atoms with Gasteiger partial charge in [0.15, 0.2) is 0 Å². The lowest BCUT2D eigenvalue weighted by Gasteiger charge is -2.35. The molecule has 1 unspecified atom stereocenters. The first-order chi connectivity index (χ1) is 14.6. The number of ketones is 1. The maximum Gasteiger partial charge on any atom is 0.336 e. The van der Waals surface area contributed by atoms with Gasteiger partial charge < -0.3 is 4.74 Å². The van der Waals surface area contributed by atoms with Gasteiger partial charge in [-0.2, -0.15) is 0 Å². The number of Topliss-reactive ketones (excluding diaryl/α,β-unsaturated/α-hetero) is 1. The number of benzene rings is 2. The molecule has 1 saturated carbocycles. The van der Waals surface area contributed by atoms with E-state index in [1.807, 2.05) is 49.4 Å². The summed E-state index contributed by atoms with van der Waals surface area (Å²) in [7, 11) is 0. The van der Waals surface area contributed by atoms with Crippen LogP contribution in [0.25, 0.3) is 0 Å². The molecule has 0 spiro atoms. The molecule has 2 aliphatic rings. The Morgan fingerprint density at radius 1 is 1.00 bits per heavy atom. The van der Waals surface area contributed by atoms with Gasteiger partial charge in [0.2, 0.25) is 0 Å². The maximum absolute atomic E-state index is 13.2. The summed E-state index contributed by atoms with van der Waals surface area (Å²) in [5.74, 6) is -0.916. The molecular weight excluding hydrogens is 374 g/mol. The lowest BCUT2D eigenvalue weighted by molar-refractivity contribution is -0.140. The highest BCUT2D eigenvalue weighted by Crippen LogP contribution is 2.43. The number of carbonyl (C=O) groups is 2. The van der Waals surface area contributed by atoms with Gasteiger partial charge in [0.05, 0.1) is 11.5 Å². The van der Waals surface area contributed by atoms with Gasteiger partial charge in [0.25, 0.3) is 0 Å². The predicted octanol–water partition coefficient (Wildman–Crippen LogP) is 5.17. The number of carbonyl (C=O) groups excluding carboxylic acids is 2. The molecule has 0 aromatic heterocycles. The Bertz CT molecular complexity index is 1000. The maximum atomic E-state index is 13.2. The van der Waals surface area contributed by atoms with Crippen LogP contribution in [0.3, 0.4) is 0 Å². The van der Waals surface area contributed by atoms with E-state index in [4.69, 9.17) is 9.73 Å². The summed E-state index contributed by atoms with van der Waals surface area (Å²) in [5.41, 5.74) is 5.23. The number of aliphatic imine (C=N–C) groups is 1. The number of hydrogen-bond acceptors (Lipinski definition) is 4. The molecule has 4 heteroatoms. The fourth-order valence-corrected chi connectivity index (χ4v) is 4.51. The second-order valence-corrected chi connectivity index (χ2v) is 8.03. The molecule has 2 aromatic rings. The lowest BCUT2D eigenvalue weighted by atomic mass is 9.69. The monoisotopic (exact) mass is 401 g/mol. The Balaban J connectivity index is 1.70. The minimum Gasteiger partial charge on any atom is -0.457 e. The fraction of sp³-hybridized carbons (Fsp3) is 0.346. The van der Waals surface area contributed by atoms with Crippen LogP contribution >= 0.6 is 0 Å². The van der Waals surface area contributed by atoms with Gasteiger partial charge in [0, 0.05) is 23.7 Å². The van der Waals surface area contributed by atoms with E-state index in [0.29, 0.717) is 17.7 Å². The Hall–Kier alpha value is -3.01. The molecule has 0 radical (unpaired) electrons. The third-order valence-electron chi connectivity index (χ3n) is 6.09. The van der Waals surface area contributed by atoms with Crippen LogP contribution in [0.5, 0.6) is 0 Å². The second kappa shape index (κ2) is 8.78. The van der Waals surface area contributed by atoms with Gasteiger partial charge in [-0.15, -0.1) is 0 Å². The third-order valence-corrected chi connectivity index (χ3v) is 6.09. The zero-order valence-electron chi connectivity index (χ0n) is 17.6. The second-order valence-electron chi connectivity index (χ2n) is 8.03. The highest BCUT2D eigenvalue weighted by atomic mass is 16.5. The Labute approximate surface area is 177 Å². The molecule has 4 nitrogen and oxygen atoms in total. The molecule has 0 N–H and O–H groups in total. The summed E-state index contributed by atoms with van der Waals surface area (Å²) >= 11 is 0. The minimum atomic E-state index is -0.387. The lowest BCUT2D eigenvalue weighted by Crippen LogP contribution is -2.39. The molecular formula is C26H27NO3. The van der Waals surface area contributed by atoms with E-state index in [1.54, 1.807) is 0 Å². The number of ether oxygens (including phenoxy) is 1. The van der Waals surface area contributed by atoms with E-state index >= 15 is 0 Å². The molecule has 2 aromatic carbocycles. The highest BCUT2D eigenvalue weighted by Gasteiger charge is 2.43. The SMILES string of the molecule is CCc1ccc([C@H]2C(C(=O)OCc3ccccc3)=C(C)N=C3CCCC(=O)C32)cc1. The molecule has 1 fully saturated rings. The van der Waals surface area contributed by atoms with Gasteiger partial charge in [0.1, 0.15) is 12.4 Å². The average Bonchev–Trinajstić information content (AvgIpc) is 2.77. The van der Waals surface area contributed by atoms with Crippen LogP contribution in [0.1, 0.15) is 55.7 Å². The summed E-state index contributed by atoms with van der Waals surface area (Å²) < 4.78 is 5.67. The van der Waals surface area contributed by atoms with Gasteiger partial charge in [-0.25, -0.2) is 4.79 Å². The molecule has 1 aliphatic carbocycles. The van der Waals surface area contributed by atoms with E-state index in [0.717, 1.165) is 36.1 Å². The quantitative estimate of drug-likeness (QED) is 0.649. The van der Waals surface area contributed by atoms with Crippen LogP contribution in [0.4, 0.5) is 0 Å². The first-order valence-corrected chi connectivity index (χ1v) is 10.7. The Morgan fingerprint density at radius 2 is 1.73 bits per heavy atom. The molecule has 4 rings (SSSR count). The van der Waals surface area contributed by atoms with Crippen LogP contribution in [-0.2, 0) is 27.4 Å². The largest absolute Gasteiger partial charge is 0.457 e. The topological polar surface area (TPSA) is 55.7 Å². The first-order valence-electron chi connectivity index (χ1n) is 10.7. The van der Waals surface area contributed by atoms with Crippen molar-refractivity contribution in [1.29, 1.82) is 0 Å². The highest BCUT2D eigenvalue weighted by molar-refractivity contribution is 6.11. The first kappa shape index (κ1) is 20.3. The van der Waals surface area contributed by atoms with Gasteiger partial charge in [-0.1, -0.05) is 61.5 Å². The standard InChI is InChI=1S/C26H27NO3/c1-3-18-12-14-20(15-13-18)24-23(26(29)30-16-19-8-5-4-6-9-19)17(2)27-21-10-7-11-22(28)25(21)24/h4-6,8-9,12-15,24-25H,3,7,10-11,16H2,1-2H3/t24-,25?/m0/s1. The molecule has 0 bridgehead atoms. The van der Waals surface area contributed by atoms with Crippen molar-refractivity contribution in [2.24, 2.45) is 10.9 Å². The van der Waals surface area contributed by atoms with Crippen LogP contribution < -0.4 is 0 Å². The summed E-state index contributed by atoms with van der Waals surface area (Å²) in [6.07, 6.45) is 3.12. The average molecular weight is 402 g/mol. The van der Waals surface area contributed by atoms with E-state index in [9.17, 15) is 9.59 Å². The van der Waals surface area contributed by atoms with Crippen molar-refractivity contribution < 1.29 is 14.3 Å². The zero-order chi connectivity index (χ0) is 21.1. The number of rotatable bonds is 5. The number of hydrogen-bond donors (Lipinski definition) is 0. The number of nitrogens with zero attached hydrogens (tertiary/aromatic N) is 1. The summed E-state index contributed by atoms with van der Waals surface area (Å²) in [6, 6.07) is 17.9. The normalized spacial score (nSPS) is 21.1. The van der Waals surface area contributed by atoms with Crippen molar-refractivity contribution in [3.63, 3.8) is 0 Å². The summed E-state index contributed by atoms with van der Waals surface area (Å²) in [4.78, 5) is 30.8. The van der Waals surface area contributed by atoms with Crippen LogP contribution in [-0.4, -0.2) is 17.5 Å². The van der Waals surface area contributed by atoms with Crippen molar-refractivity contribution in [2.45, 2.75) is 52.1 Å². The summed E-state index contributed by atoms with van der Waals surface area (Å²) in [5, 5.41) is 0. The van der Waals surface area contributed by atoms with Crippen LogP contribution in [0.15, 0.2) is 70.9 Å². The van der Waals surface area contributed by atoms with Crippen molar-refractivity contribution in [3.05, 3.63) is 82.6 Å². The number of esters is 1. The minimum absolute atomic E-state index is 0.172. The number of allylic oxidation sites excluding steroid dienone is 1. The Kier molecular flexibility index (Phi) is 5.93. The molecule has 0 amide bonds. The van der Waals surface area contributed by atoms with E-state index < -0.39 is 0 Å².